The summed E-state index contributed by atoms with van der Waals surface area (Å²) in [5.41, 5.74) is 2.28. The summed E-state index contributed by atoms with van der Waals surface area (Å²) in [6.45, 7) is 1.21. The third-order valence-electron chi connectivity index (χ3n) is 8.37. The number of methoxy groups -OCH3 is 1. The summed E-state index contributed by atoms with van der Waals surface area (Å²) in [7, 11) is 3.31. The maximum atomic E-state index is 14.1. The van der Waals surface area contributed by atoms with Crippen molar-refractivity contribution in [1.29, 1.82) is 0 Å². The number of carboxylic acid groups (broad SMARTS) is 1. The smallest absolute Gasteiger partial charge is 0.306 e. The molecule has 1 saturated heterocycles. The number of Topliss-reactive ketones (excluding diaryl/α,β-unsaturated/α-hetero) is 1. The number of fused-ring (bicyclic) bond motifs is 1. The number of carbonyl (C=O) groups excluding carboxylic acids is 2. The van der Waals surface area contributed by atoms with E-state index in [1.54, 1.807) is 24.4 Å². The van der Waals surface area contributed by atoms with Crippen LogP contribution in [-0.4, -0.2) is 64.4 Å². The fourth-order valence-corrected chi connectivity index (χ4v) is 6.56. The van der Waals surface area contributed by atoms with E-state index in [-0.39, 0.29) is 17.0 Å². The number of carbonyl (C=O) groups is 3. The molecule has 2 heterocycles. The molecule has 2 N–H and O–H groups in total. The van der Waals surface area contributed by atoms with E-state index in [0.29, 0.717) is 55.6 Å². The van der Waals surface area contributed by atoms with Gasteiger partial charge in [0.2, 0.25) is 5.78 Å². The Kier molecular flexibility index (Phi) is 9.25. The highest BCUT2D eigenvalue weighted by Gasteiger charge is 2.51. The van der Waals surface area contributed by atoms with Gasteiger partial charge >= 0.3 is 5.97 Å². The second kappa shape index (κ2) is 12.7. The SMILES string of the molecule is COC(OC1CCC(C(=O)O)CC1)(C(=O)C(Cl)c1ccc(NC(=O)c2cn(C)c3ccccc23)c(Cl)c1)N1CCCC1. The van der Waals surface area contributed by atoms with Gasteiger partial charge in [0.25, 0.3) is 11.8 Å². The third-order valence-corrected chi connectivity index (χ3v) is 9.13. The van der Waals surface area contributed by atoms with Gasteiger partial charge in [-0.2, -0.15) is 0 Å². The predicted molar refractivity (Wildman–Crippen MR) is 161 cm³/mol. The van der Waals surface area contributed by atoms with Gasteiger partial charge in [0, 0.05) is 44.3 Å². The lowest BCUT2D eigenvalue weighted by Gasteiger charge is -2.42. The fourth-order valence-electron chi connectivity index (χ4n) is 6.05. The zero-order chi connectivity index (χ0) is 30.0. The van der Waals surface area contributed by atoms with Gasteiger partial charge in [0.1, 0.15) is 5.38 Å². The van der Waals surface area contributed by atoms with Crippen LogP contribution in [-0.2, 0) is 26.1 Å². The number of ketones is 1. The Morgan fingerprint density at radius 3 is 2.40 bits per heavy atom. The predicted octanol–water partition coefficient (Wildman–Crippen LogP) is 5.99. The topological polar surface area (TPSA) is 110 Å². The number of alkyl halides is 1. The molecule has 0 bridgehead atoms. The summed E-state index contributed by atoms with van der Waals surface area (Å²) in [6, 6.07) is 12.5. The molecule has 1 saturated carbocycles. The molecule has 42 heavy (non-hydrogen) atoms. The second-order valence-electron chi connectivity index (χ2n) is 11.0. The molecule has 3 aromatic rings. The van der Waals surface area contributed by atoms with E-state index >= 15 is 0 Å². The van der Waals surface area contributed by atoms with Crippen molar-refractivity contribution in [3.63, 3.8) is 0 Å². The first kappa shape index (κ1) is 30.5. The van der Waals surface area contributed by atoms with Crippen LogP contribution < -0.4 is 5.32 Å². The molecule has 2 aromatic carbocycles. The molecule has 9 nitrogen and oxygen atoms in total. The van der Waals surface area contributed by atoms with Gasteiger partial charge in [-0.05, 0) is 62.3 Å². The van der Waals surface area contributed by atoms with Crippen molar-refractivity contribution in [2.45, 2.75) is 55.9 Å². The van der Waals surface area contributed by atoms with Crippen LogP contribution in [0.5, 0.6) is 0 Å². The first-order chi connectivity index (χ1) is 20.1. The number of ether oxygens (including phenoxy) is 2. The summed E-state index contributed by atoms with van der Waals surface area (Å²) in [4.78, 5) is 40.5. The summed E-state index contributed by atoms with van der Waals surface area (Å²) in [6.07, 6.45) is 5.16. The number of nitrogens with zero attached hydrogens (tertiary/aromatic N) is 2. The van der Waals surface area contributed by atoms with E-state index in [2.05, 4.69) is 5.32 Å². The number of halogens is 2. The van der Waals surface area contributed by atoms with E-state index in [1.165, 1.54) is 7.11 Å². The first-order valence-electron chi connectivity index (χ1n) is 14.2. The zero-order valence-electron chi connectivity index (χ0n) is 23.6. The number of aromatic nitrogens is 1. The number of nitrogens with one attached hydrogen (secondary N) is 1. The van der Waals surface area contributed by atoms with Gasteiger partial charge in [-0.1, -0.05) is 35.9 Å². The first-order valence-corrected chi connectivity index (χ1v) is 15.0. The highest BCUT2D eigenvalue weighted by atomic mass is 35.5. The molecule has 0 radical (unpaired) electrons. The molecule has 1 aliphatic carbocycles. The van der Waals surface area contributed by atoms with E-state index in [9.17, 15) is 19.5 Å². The number of likely N-dealkylation sites (tertiary alicyclic amines) is 1. The monoisotopic (exact) mass is 615 g/mol. The van der Waals surface area contributed by atoms with Crippen LogP contribution in [0.3, 0.4) is 0 Å². The van der Waals surface area contributed by atoms with Crippen molar-refractivity contribution in [2.75, 3.05) is 25.5 Å². The van der Waals surface area contributed by atoms with Crippen molar-refractivity contribution in [2.24, 2.45) is 13.0 Å². The molecule has 224 valence electrons. The molecule has 5 rings (SSSR count). The minimum atomic E-state index is -1.71. The fraction of sp³-hybridized carbons (Fsp3) is 0.452. The number of hydrogen-bond donors (Lipinski definition) is 2. The Morgan fingerprint density at radius 2 is 1.76 bits per heavy atom. The van der Waals surface area contributed by atoms with Crippen molar-refractivity contribution >= 4 is 57.5 Å². The normalized spacial score (nSPS) is 21.6. The molecule has 2 aliphatic rings. The maximum absolute atomic E-state index is 14.1. The molecular formula is C31H35Cl2N3O6. The maximum Gasteiger partial charge on any atom is 0.306 e. The van der Waals surface area contributed by atoms with Crippen LogP contribution in [0.1, 0.15) is 59.8 Å². The number of rotatable bonds is 10. The molecule has 11 heteroatoms. The van der Waals surface area contributed by atoms with Crippen molar-refractivity contribution < 1.29 is 29.0 Å². The van der Waals surface area contributed by atoms with Gasteiger partial charge in [-0.15, -0.1) is 11.6 Å². The Balaban J connectivity index is 1.35. The molecule has 1 aliphatic heterocycles. The highest BCUT2D eigenvalue weighted by Crippen LogP contribution is 2.39. The lowest BCUT2D eigenvalue weighted by Crippen LogP contribution is -2.59. The zero-order valence-corrected chi connectivity index (χ0v) is 25.2. The van der Waals surface area contributed by atoms with Gasteiger partial charge < -0.3 is 24.5 Å². The Bertz CT molecular complexity index is 1480. The van der Waals surface area contributed by atoms with E-state index < -0.39 is 29.0 Å². The quantitative estimate of drug-likeness (QED) is 0.213. The molecule has 2 atom stereocenters. The second-order valence-corrected chi connectivity index (χ2v) is 11.8. The van der Waals surface area contributed by atoms with E-state index in [0.717, 1.165) is 23.7 Å². The Morgan fingerprint density at radius 1 is 1.07 bits per heavy atom. The number of amides is 1. The Labute approximate surface area is 254 Å². The summed E-state index contributed by atoms with van der Waals surface area (Å²) < 4.78 is 14.2. The minimum Gasteiger partial charge on any atom is -0.481 e. The lowest BCUT2D eigenvalue weighted by molar-refractivity contribution is -0.302. The number of hydrogen-bond acceptors (Lipinski definition) is 6. The van der Waals surface area contributed by atoms with Gasteiger partial charge in [0.15, 0.2) is 0 Å². The van der Waals surface area contributed by atoms with Crippen LogP contribution >= 0.6 is 23.2 Å². The number of benzene rings is 2. The van der Waals surface area contributed by atoms with Crippen LogP contribution in [0, 0.1) is 5.92 Å². The summed E-state index contributed by atoms with van der Waals surface area (Å²) in [5, 5.41) is 12.1. The molecule has 2 fully saturated rings. The van der Waals surface area contributed by atoms with E-state index in [4.69, 9.17) is 32.7 Å². The molecular weight excluding hydrogens is 581 g/mol. The number of para-hydroxylation sites is 1. The number of aryl methyl sites for hydroxylation is 1. The van der Waals surface area contributed by atoms with Gasteiger partial charge in [-0.25, -0.2) is 4.90 Å². The summed E-state index contributed by atoms with van der Waals surface area (Å²) in [5.74, 6) is -3.71. The van der Waals surface area contributed by atoms with E-state index in [1.807, 2.05) is 40.8 Å². The molecule has 0 spiro atoms. The third kappa shape index (κ3) is 5.94. The van der Waals surface area contributed by atoms with Crippen molar-refractivity contribution in [3.05, 3.63) is 64.8 Å². The van der Waals surface area contributed by atoms with Crippen LogP contribution in [0.15, 0.2) is 48.7 Å². The van der Waals surface area contributed by atoms with Crippen molar-refractivity contribution in [1.82, 2.24) is 9.47 Å². The largest absolute Gasteiger partial charge is 0.481 e. The highest BCUT2D eigenvalue weighted by molar-refractivity contribution is 6.35. The number of carboxylic acids is 1. The number of aliphatic carboxylic acids is 1. The van der Waals surface area contributed by atoms with Crippen LogP contribution in [0.4, 0.5) is 5.69 Å². The average molecular weight is 617 g/mol. The number of anilines is 1. The average Bonchev–Trinajstić information content (AvgIpc) is 3.65. The summed E-state index contributed by atoms with van der Waals surface area (Å²) >= 11 is 13.4. The Hall–Kier alpha value is -2.95. The molecule has 1 aromatic heterocycles. The van der Waals surface area contributed by atoms with Crippen LogP contribution in [0.2, 0.25) is 5.02 Å². The van der Waals surface area contributed by atoms with Gasteiger partial charge in [-0.3, -0.25) is 14.4 Å². The lowest BCUT2D eigenvalue weighted by atomic mass is 9.87. The standard InChI is InChI=1S/C31H35Cl2N3O6/c1-35-18-23(22-7-3-4-8-26(22)35)29(38)34-25-14-11-20(17-24(25)32)27(33)28(37)31(41-2,36-15-5-6-16-36)42-21-12-9-19(10-13-21)30(39)40/h3-4,7-8,11,14,17-19,21,27H,5-6,9-10,12-13,15-16H2,1-2H3,(H,34,38)(H,39,40). The van der Waals surface area contributed by atoms with Gasteiger partial charge in [0.05, 0.1) is 28.3 Å². The van der Waals surface area contributed by atoms with Crippen molar-refractivity contribution in [3.8, 4) is 0 Å². The molecule has 2 unspecified atom stereocenters. The minimum absolute atomic E-state index is 0.233. The molecule has 1 amide bonds. The van der Waals surface area contributed by atoms with Crippen LogP contribution in [0.25, 0.3) is 10.9 Å².